The number of allylic oxidation sites excluding steroid dienone is 2. The van der Waals surface area contributed by atoms with Crippen LogP contribution in [0, 0.1) is 40.4 Å². The Balaban J connectivity index is 1.49. The lowest BCUT2D eigenvalue weighted by Gasteiger charge is -2.57. The molecule has 0 unspecified atom stereocenters. The van der Waals surface area contributed by atoms with Crippen LogP contribution in [0.3, 0.4) is 0 Å². The van der Waals surface area contributed by atoms with E-state index < -0.39 is 0 Å². The first-order valence-corrected chi connectivity index (χ1v) is 10.3. The van der Waals surface area contributed by atoms with Crippen LogP contribution in [0.4, 0.5) is 0 Å². The van der Waals surface area contributed by atoms with Crippen molar-refractivity contribution in [1.82, 2.24) is 0 Å². The second kappa shape index (κ2) is 4.89. The standard InChI is InChI=1S/C22H32O2/c1-13(23)24-19-8-7-17-20-15-12-14(15)16-6-4-5-10-21(16,2)18(20)9-11-22(17,19)3/h6,14-15,17-20H,4-5,7-12H2,1-3H3/t14-,15+,17-,18-,19-,20-,21-,22-/m0/s1. The molecule has 132 valence electrons. The number of hydrogen-bond acceptors (Lipinski definition) is 2. The van der Waals surface area contributed by atoms with Crippen LogP contribution in [-0.4, -0.2) is 12.1 Å². The second-order valence-corrected chi connectivity index (χ2v) is 9.99. The molecule has 0 aromatic heterocycles. The molecule has 0 amide bonds. The fourth-order valence-electron chi connectivity index (χ4n) is 7.96. The minimum absolute atomic E-state index is 0.0820. The summed E-state index contributed by atoms with van der Waals surface area (Å²) in [6.45, 7) is 6.63. The van der Waals surface area contributed by atoms with Crippen molar-refractivity contribution < 1.29 is 9.53 Å². The first kappa shape index (κ1) is 15.5. The zero-order valence-corrected chi connectivity index (χ0v) is 15.5. The molecule has 0 heterocycles. The first-order chi connectivity index (χ1) is 11.4. The quantitative estimate of drug-likeness (QED) is 0.493. The van der Waals surface area contributed by atoms with Crippen LogP contribution in [0.15, 0.2) is 11.6 Å². The highest BCUT2D eigenvalue weighted by Crippen LogP contribution is 2.73. The fraction of sp³-hybridized carbons (Fsp3) is 0.864. The Morgan fingerprint density at radius 1 is 1.17 bits per heavy atom. The number of carbonyl (C=O) groups is 1. The molecule has 2 heteroatoms. The van der Waals surface area contributed by atoms with E-state index in [1.54, 1.807) is 6.92 Å². The van der Waals surface area contributed by atoms with Crippen LogP contribution in [0.2, 0.25) is 0 Å². The van der Waals surface area contributed by atoms with Crippen LogP contribution in [-0.2, 0) is 9.53 Å². The van der Waals surface area contributed by atoms with Gasteiger partial charge in [0.25, 0.3) is 0 Å². The molecule has 5 rings (SSSR count). The molecule has 0 aromatic rings. The van der Waals surface area contributed by atoms with Gasteiger partial charge in [-0.2, -0.15) is 0 Å². The molecule has 5 aliphatic rings. The summed E-state index contributed by atoms with van der Waals surface area (Å²) in [6.07, 6.45) is 13.4. The van der Waals surface area contributed by atoms with E-state index in [-0.39, 0.29) is 17.5 Å². The summed E-state index contributed by atoms with van der Waals surface area (Å²) < 4.78 is 5.79. The molecule has 4 fully saturated rings. The predicted octanol–water partition coefficient (Wildman–Crippen LogP) is 5.13. The Labute approximate surface area is 146 Å². The van der Waals surface area contributed by atoms with Gasteiger partial charge in [0.2, 0.25) is 0 Å². The summed E-state index contributed by atoms with van der Waals surface area (Å²) >= 11 is 0. The van der Waals surface area contributed by atoms with Crippen molar-refractivity contribution in [3.05, 3.63) is 11.6 Å². The normalized spacial score (nSPS) is 54.7. The van der Waals surface area contributed by atoms with Crippen LogP contribution < -0.4 is 0 Å². The van der Waals surface area contributed by atoms with E-state index in [1.807, 2.05) is 5.57 Å². The van der Waals surface area contributed by atoms with E-state index in [1.165, 1.54) is 44.9 Å². The van der Waals surface area contributed by atoms with Gasteiger partial charge in [0.15, 0.2) is 0 Å². The molecule has 24 heavy (non-hydrogen) atoms. The largest absolute Gasteiger partial charge is 0.462 e. The van der Waals surface area contributed by atoms with Crippen LogP contribution in [0.1, 0.15) is 72.1 Å². The summed E-state index contributed by atoms with van der Waals surface area (Å²) in [7, 11) is 0. The minimum Gasteiger partial charge on any atom is -0.462 e. The Morgan fingerprint density at radius 3 is 2.79 bits per heavy atom. The molecule has 2 nitrogen and oxygen atoms in total. The number of rotatable bonds is 1. The van der Waals surface area contributed by atoms with E-state index in [2.05, 4.69) is 19.9 Å². The first-order valence-electron chi connectivity index (χ1n) is 10.3. The highest BCUT2D eigenvalue weighted by molar-refractivity contribution is 5.66. The van der Waals surface area contributed by atoms with Crippen LogP contribution >= 0.6 is 0 Å². The third kappa shape index (κ3) is 1.86. The van der Waals surface area contributed by atoms with Crippen molar-refractivity contribution in [2.45, 2.75) is 78.2 Å². The highest BCUT2D eigenvalue weighted by atomic mass is 16.5. The number of carbonyl (C=O) groups excluding carboxylic acids is 1. The number of hydrogen-bond donors (Lipinski definition) is 0. The minimum atomic E-state index is -0.0820. The number of ether oxygens (including phenoxy) is 1. The molecule has 8 atom stereocenters. The van der Waals surface area contributed by atoms with Crippen molar-refractivity contribution in [3.8, 4) is 0 Å². The Kier molecular flexibility index (Phi) is 3.15. The lowest BCUT2D eigenvalue weighted by Crippen LogP contribution is -2.52. The van der Waals surface area contributed by atoms with Gasteiger partial charge >= 0.3 is 5.97 Å². The highest BCUT2D eigenvalue weighted by Gasteiger charge is 2.67. The fourth-order valence-corrected chi connectivity index (χ4v) is 7.96. The smallest absolute Gasteiger partial charge is 0.302 e. The zero-order valence-electron chi connectivity index (χ0n) is 15.5. The zero-order chi connectivity index (χ0) is 16.7. The van der Waals surface area contributed by atoms with Crippen LogP contribution in [0.5, 0.6) is 0 Å². The lowest BCUT2D eigenvalue weighted by molar-refractivity contribution is -0.157. The monoisotopic (exact) mass is 328 g/mol. The molecule has 0 radical (unpaired) electrons. The third-order valence-corrected chi connectivity index (χ3v) is 9.03. The van der Waals surface area contributed by atoms with Crippen LogP contribution in [0.25, 0.3) is 0 Å². The Morgan fingerprint density at radius 2 is 2.00 bits per heavy atom. The molecule has 0 saturated heterocycles. The summed E-state index contributed by atoms with van der Waals surface area (Å²) in [6, 6.07) is 0. The van der Waals surface area contributed by atoms with Gasteiger partial charge in [0.05, 0.1) is 0 Å². The summed E-state index contributed by atoms with van der Waals surface area (Å²) in [5.74, 6) is 4.36. The number of esters is 1. The van der Waals surface area contributed by atoms with Crippen molar-refractivity contribution in [3.63, 3.8) is 0 Å². The third-order valence-electron chi connectivity index (χ3n) is 9.03. The Hall–Kier alpha value is -0.790. The number of fused-ring (bicyclic) bond motifs is 8. The predicted molar refractivity (Wildman–Crippen MR) is 94.2 cm³/mol. The van der Waals surface area contributed by atoms with Gasteiger partial charge in [-0.25, -0.2) is 0 Å². The van der Waals surface area contributed by atoms with E-state index in [4.69, 9.17) is 4.74 Å². The topological polar surface area (TPSA) is 26.3 Å². The van der Waals surface area contributed by atoms with E-state index in [9.17, 15) is 4.79 Å². The van der Waals surface area contributed by atoms with Gasteiger partial charge in [0, 0.05) is 12.3 Å². The SMILES string of the molecule is CC(=O)O[C@H]1CC[C@H]2[C@@H]3[C@@H]4C[C@@H]4C4=CCCC[C@]4(C)[C@H]3CC[C@]12C. The summed E-state index contributed by atoms with van der Waals surface area (Å²) in [5.41, 5.74) is 2.59. The van der Waals surface area contributed by atoms with Crippen molar-refractivity contribution in [1.29, 1.82) is 0 Å². The Bertz CT molecular complexity index is 607. The summed E-state index contributed by atoms with van der Waals surface area (Å²) in [4.78, 5) is 11.6. The maximum Gasteiger partial charge on any atom is 0.302 e. The van der Waals surface area contributed by atoms with Gasteiger partial charge in [0.1, 0.15) is 6.10 Å². The van der Waals surface area contributed by atoms with Gasteiger partial charge in [-0.05, 0) is 86.4 Å². The van der Waals surface area contributed by atoms with Gasteiger partial charge in [-0.1, -0.05) is 25.5 Å². The molecule has 4 saturated carbocycles. The molecule has 0 spiro atoms. The molecule has 0 bridgehead atoms. The molecule has 0 aliphatic heterocycles. The molecule has 0 aromatic carbocycles. The summed E-state index contributed by atoms with van der Waals surface area (Å²) in [5, 5.41) is 0. The lowest BCUT2D eigenvalue weighted by atomic mass is 9.47. The van der Waals surface area contributed by atoms with Crippen molar-refractivity contribution in [2.75, 3.05) is 0 Å². The average molecular weight is 328 g/mol. The average Bonchev–Trinajstić information content (AvgIpc) is 3.25. The van der Waals surface area contributed by atoms with Gasteiger partial charge < -0.3 is 4.74 Å². The molecule has 0 N–H and O–H groups in total. The second-order valence-electron chi connectivity index (χ2n) is 9.99. The van der Waals surface area contributed by atoms with Gasteiger partial charge in [-0.15, -0.1) is 0 Å². The van der Waals surface area contributed by atoms with Gasteiger partial charge in [-0.3, -0.25) is 4.79 Å². The molecular weight excluding hydrogens is 296 g/mol. The van der Waals surface area contributed by atoms with Crippen molar-refractivity contribution >= 4 is 5.97 Å². The van der Waals surface area contributed by atoms with Crippen molar-refractivity contribution in [2.24, 2.45) is 40.4 Å². The molecule has 5 aliphatic carbocycles. The molecular formula is C22H32O2. The van der Waals surface area contributed by atoms with E-state index in [0.717, 1.165) is 36.0 Å². The maximum absolute atomic E-state index is 11.6. The maximum atomic E-state index is 11.6. The van der Waals surface area contributed by atoms with E-state index in [0.29, 0.717) is 5.41 Å². The van der Waals surface area contributed by atoms with E-state index >= 15 is 0 Å².